The van der Waals surface area contributed by atoms with Gasteiger partial charge in [-0.15, -0.1) is 4.40 Å². The van der Waals surface area contributed by atoms with Gasteiger partial charge in [-0.3, -0.25) is 4.79 Å². The fourth-order valence-corrected chi connectivity index (χ4v) is 5.87. The van der Waals surface area contributed by atoms with E-state index in [1.54, 1.807) is 12.1 Å². The number of piperidine rings is 1. The maximum atomic E-state index is 12.9. The average Bonchev–Trinajstić information content (AvgIpc) is 3.00. The van der Waals surface area contributed by atoms with Crippen LogP contribution in [0.5, 0.6) is 0 Å². The number of carbonyl (C=O) groups excluding carboxylic acids is 1. The second-order valence-corrected chi connectivity index (χ2v) is 10.3. The van der Waals surface area contributed by atoms with Crippen molar-refractivity contribution in [2.45, 2.75) is 33.6 Å². The van der Waals surface area contributed by atoms with Gasteiger partial charge in [-0.2, -0.15) is 8.42 Å². The number of para-hydroxylation sites is 1. The number of hydrogen-bond donors (Lipinski definition) is 1. The Hall–Kier alpha value is -2.64. The molecule has 6 nitrogen and oxygen atoms in total. The number of nitrogens with one attached hydrogen (secondary N) is 1. The molecule has 1 saturated heterocycles. The number of benzene rings is 2. The first-order valence-corrected chi connectivity index (χ1v) is 12.4. The first kappa shape index (κ1) is 22.6. The zero-order chi connectivity index (χ0) is 23.0. The molecule has 0 unspecified atom stereocenters. The third-order valence-electron chi connectivity index (χ3n) is 6.21. The molecule has 2 aliphatic heterocycles. The molecule has 0 bridgehead atoms. The molecular formula is C24H26ClN3O3S. The molecule has 0 aromatic heterocycles. The molecule has 2 heterocycles. The van der Waals surface area contributed by atoms with Crippen LogP contribution in [-0.2, 0) is 14.8 Å². The van der Waals surface area contributed by atoms with Crippen molar-refractivity contribution in [1.29, 1.82) is 0 Å². The minimum Gasteiger partial charge on any atom is -0.356 e. The fraction of sp³-hybridized carbons (Fsp3) is 0.333. The molecule has 0 atom stereocenters. The highest BCUT2D eigenvalue weighted by molar-refractivity contribution is 8.00. The van der Waals surface area contributed by atoms with E-state index in [2.05, 4.69) is 9.71 Å². The Bertz CT molecular complexity index is 1240. The summed E-state index contributed by atoms with van der Waals surface area (Å²) < 4.78 is 29.9. The molecule has 2 aromatic rings. The topological polar surface area (TPSA) is 78.8 Å². The van der Waals surface area contributed by atoms with Gasteiger partial charge in [0.1, 0.15) is 10.7 Å². The molecule has 8 heteroatoms. The third kappa shape index (κ3) is 4.32. The number of amides is 1. The van der Waals surface area contributed by atoms with Gasteiger partial charge in [0.2, 0.25) is 5.91 Å². The lowest BCUT2D eigenvalue weighted by atomic mass is 9.95. The maximum absolute atomic E-state index is 12.9. The van der Waals surface area contributed by atoms with E-state index in [-0.39, 0.29) is 16.7 Å². The Morgan fingerprint density at radius 3 is 2.41 bits per heavy atom. The van der Waals surface area contributed by atoms with E-state index in [1.165, 1.54) is 0 Å². The Kier molecular flexibility index (Phi) is 6.14. The highest BCUT2D eigenvalue weighted by Crippen LogP contribution is 2.35. The molecule has 2 aliphatic rings. The summed E-state index contributed by atoms with van der Waals surface area (Å²) in [4.78, 5) is 14.9. The van der Waals surface area contributed by atoms with Crippen LogP contribution >= 0.6 is 11.6 Å². The Labute approximate surface area is 194 Å². The molecule has 168 valence electrons. The van der Waals surface area contributed by atoms with Gasteiger partial charge in [0.05, 0.1) is 10.7 Å². The largest absolute Gasteiger partial charge is 0.356 e. The summed E-state index contributed by atoms with van der Waals surface area (Å²) in [5, 5.41) is 3.40. The van der Waals surface area contributed by atoms with Gasteiger partial charge in [0.25, 0.3) is 10.0 Å². The summed E-state index contributed by atoms with van der Waals surface area (Å²) in [6.45, 7) is 6.90. The molecular weight excluding hydrogens is 446 g/mol. The lowest BCUT2D eigenvalue weighted by Crippen LogP contribution is -2.41. The molecule has 1 N–H and O–H groups in total. The van der Waals surface area contributed by atoms with Gasteiger partial charge in [0, 0.05) is 24.6 Å². The number of rotatable bonds is 3. The number of anilines is 1. The van der Waals surface area contributed by atoms with E-state index in [9.17, 15) is 13.2 Å². The predicted octanol–water partition coefficient (Wildman–Crippen LogP) is 4.78. The van der Waals surface area contributed by atoms with E-state index in [1.807, 2.05) is 56.0 Å². The number of halogens is 1. The van der Waals surface area contributed by atoms with Gasteiger partial charge in [-0.25, -0.2) is 0 Å². The van der Waals surface area contributed by atoms with Crippen molar-refractivity contribution in [1.82, 2.24) is 4.90 Å². The normalized spacial score (nSPS) is 18.6. The highest BCUT2D eigenvalue weighted by atomic mass is 35.5. The number of nitrogens with zero attached hydrogens (tertiary/aromatic N) is 2. The second kappa shape index (κ2) is 8.71. The van der Waals surface area contributed by atoms with Gasteiger partial charge in [-0.05, 0) is 62.4 Å². The van der Waals surface area contributed by atoms with Gasteiger partial charge in [0.15, 0.2) is 0 Å². The highest BCUT2D eigenvalue weighted by Gasteiger charge is 2.35. The van der Waals surface area contributed by atoms with Crippen molar-refractivity contribution in [2.75, 3.05) is 18.4 Å². The summed E-state index contributed by atoms with van der Waals surface area (Å²) in [5.74, 6) is 0.259. The third-order valence-corrected chi connectivity index (χ3v) is 8.01. The minimum absolute atomic E-state index is 0.0678. The van der Waals surface area contributed by atoms with Crippen molar-refractivity contribution < 1.29 is 13.2 Å². The molecule has 0 aliphatic carbocycles. The van der Waals surface area contributed by atoms with Crippen molar-refractivity contribution in [2.24, 2.45) is 10.3 Å². The van der Waals surface area contributed by atoms with E-state index in [4.69, 9.17) is 11.6 Å². The summed E-state index contributed by atoms with van der Waals surface area (Å²) in [6.07, 6.45) is 1.23. The molecule has 0 spiro atoms. The van der Waals surface area contributed by atoms with Crippen molar-refractivity contribution in [3.8, 4) is 0 Å². The fourth-order valence-electron chi connectivity index (χ4n) is 4.22. The quantitative estimate of drug-likeness (QED) is 0.698. The summed E-state index contributed by atoms with van der Waals surface area (Å²) in [6, 6.07) is 12.8. The van der Waals surface area contributed by atoms with E-state index in [0.717, 1.165) is 11.1 Å². The smallest absolute Gasteiger partial charge is 0.285 e. The summed E-state index contributed by atoms with van der Waals surface area (Å²) in [7, 11) is -3.76. The van der Waals surface area contributed by atoms with Crippen LogP contribution in [0.1, 0.15) is 36.5 Å². The average molecular weight is 472 g/mol. The Balaban J connectivity index is 1.48. The number of aryl methyl sites for hydroxylation is 2. The Morgan fingerprint density at radius 1 is 1.06 bits per heavy atom. The molecule has 32 heavy (non-hydrogen) atoms. The number of amidine groups is 1. The van der Waals surface area contributed by atoms with Crippen LogP contribution in [-0.4, -0.2) is 38.2 Å². The monoisotopic (exact) mass is 471 g/mol. The van der Waals surface area contributed by atoms with Crippen LogP contribution in [0.15, 0.2) is 52.4 Å². The predicted molar refractivity (Wildman–Crippen MR) is 129 cm³/mol. The number of sulfonamides is 1. The van der Waals surface area contributed by atoms with Gasteiger partial charge < -0.3 is 10.2 Å². The standard InChI is InChI=1S/C24H26ClN3O3S/c1-15-8-9-19(14-16(15)2)22-17(3)23(27-32(22,30)31)28-12-10-18(11-13-28)24(29)26-21-7-5-4-6-20(21)25/h4-9,14,18H,10-13H2,1-3H3,(H,26,29). The van der Waals surface area contributed by atoms with Crippen molar-refractivity contribution >= 4 is 44.0 Å². The first-order chi connectivity index (χ1) is 15.2. The SMILES string of the molecule is CC1=C(c2ccc(C)c(C)c2)S(=O)(=O)N=C1N1CCC(C(=O)Nc2ccccc2Cl)CC1. The lowest BCUT2D eigenvalue weighted by molar-refractivity contribution is -0.120. The van der Waals surface area contributed by atoms with Crippen LogP contribution in [0.3, 0.4) is 0 Å². The maximum Gasteiger partial charge on any atom is 0.285 e. The first-order valence-electron chi connectivity index (χ1n) is 10.6. The van der Waals surface area contributed by atoms with E-state index < -0.39 is 10.0 Å². The summed E-state index contributed by atoms with van der Waals surface area (Å²) >= 11 is 6.14. The zero-order valence-corrected chi connectivity index (χ0v) is 19.9. The molecule has 0 radical (unpaired) electrons. The Morgan fingerprint density at radius 2 is 1.75 bits per heavy atom. The van der Waals surface area contributed by atoms with Crippen molar-refractivity contribution in [3.63, 3.8) is 0 Å². The molecule has 1 amide bonds. The van der Waals surface area contributed by atoms with Gasteiger partial charge in [-0.1, -0.05) is 41.9 Å². The molecule has 4 rings (SSSR count). The number of likely N-dealkylation sites (tertiary alicyclic amines) is 1. The second-order valence-electron chi connectivity index (χ2n) is 8.37. The van der Waals surface area contributed by atoms with Crippen LogP contribution in [0.4, 0.5) is 5.69 Å². The molecule has 0 saturated carbocycles. The zero-order valence-electron chi connectivity index (χ0n) is 18.4. The van der Waals surface area contributed by atoms with E-state index in [0.29, 0.717) is 53.6 Å². The number of hydrogen-bond acceptors (Lipinski definition) is 4. The van der Waals surface area contributed by atoms with Gasteiger partial charge >= 0.3 is 0 Å². The molecule has 1 fully saturated rings. The number of carbonyl (C=O) groups is 1. The van der Waals surface area contributed by atoms with Crippen molar-refractivity contribution in [3.05, 3.63) is 69.8 Å². The van der Waals surface area contributed by atoms with Crippen LogP contribution in [0, 0.1) is 19.8 Å². The lowest BCUT2D eigenvalue weighted by Gasteiger charge is -2.32. The van der Waals surface area contributed by atoms with Crippen LogP contribution in [0.2, 0.25) is 5.02 Å². The molecule has 2 aromatic carbocycles. The van der Waals surface area contributed by atoms with Crippen LogP contribution in [0.25, 0.3) is 4.91 Å². The van der Waals surface area contributed by atoms with E-state index >= 15 is 0 Å². The summed E-state index contributed by atoms with van der Waals surface area (Å²) in [5.41, 5.74) is 4.08. The minimum atomic E-state index is -3.76. The van der Waals surface area contributed by atoms with Crippen LogP contribution < -0.4 is 5.32 Å².